The highest BCUT2D eigenvalue weighted by atomic mass is 32.1. The Morgan fingerprint density at radius 3 is 1.88 bits per heavy atom. The maximum absolute atomic E-state index is 10.4. The molecule has 0 aliphatic rings. The van der Waals surface area contributed by atoms with Crippen molar-refractivity contribution in [2.75, 3.05) is 0 Å². The van der Waals surface area contributed by atoms with Gasteiger partial charge in [0.05, 0.1) is 5.70 Å². The van der Waals surface area contributed by atoms with E-state index in [1.54, 1.807) is 6.92 Å². The van der Waals surface area contributed by atoms with Crippen LogP contribution in [0.15, 0.2) is 10.6 Å². The lowest BCUT2D eigenvalue weighted by molar-refractivity contribution is -0.113. The van der Waals surface area contributed by atoms with Gasteiger partial charge >= 0.3 is 0 Å². The highest BCUT2D eigenvalue weighted by molar-refractivity contribution is 7.84. The van der Waals surface area contributed by atoms with Gasteiger partial charge in [0.15, 0.2) is 5.78 Å². The predicted octanol–water partition coefficient (Wildman–Crippen LogP) is 0.695. The summed E-state index contributed by atoms with van der Waals surface area (Å²) in [5.74, 6) is -0.127. The summed E-state index contributed by atoms with van der Waals surface area (Å²) < 4.78 is 0. The summed E-state index contributed by atoms with van der Waals surface area (Å²) in [7, 11) is 0. The van der Waals surface area contributed by atoms with Crippen molar-refractivity contribution in [3.8, 4) is 0 Å². The zero-order chi connectivity index (χ0) is 6.73. The second kappa shape index (κ2) is 2.77. The first-order valence-electron chi connectivity index (χ1n) is 2.22. The average molecular weight is 131 g/mol. The van der Waals surface area contributed by atoms with E-state index in [0.717, 1.165) is 0 Å². The molecular weight excluding hydrogens is 122 g/mol. The number of allylic oxidation sites excluding steroid dienone is 2. The number of hydrogen-bond donors (Lipinski definition) is 2. The van der Waals surface area contributed by atoms with Crippen molar-refractivity contribution in [2.24, 2.45) is 5.73 Å². The van der Waals surface area contributed by atoms with Crippen LogP contribution in [0.3, 0.4) is 0 Å². The molecule has 0 bridgehead atoms. The molecule has 46 valence electrons. The van der Waals surface area contributed by atoms with Gasteiger partial charge < -0.3 is 5.73 Å². The average Bonchev–Trinajstić information content (AvgIpc) is 1.64. The number of rotatable bonds is 1. The standard InChI is InChI=1S/C5H9NOS/c1-3(7)5(6)4(2)8/h8H,6H2,1-2H3/b5-4-. The van der Waals surface area contributed by atoms with Crippen molar-refractivity contribution < 1.29 is 4.79 Å². The number of carbonyl (C=O) groups excluding carboxylic acids is 1. The summed E-state index contributed by atoms with van der Waals surface area (Å²) in [5.41, 5.74) is 5.46. The number of nitrogens with two attached hydrogens (primary N) is 1. The van der Waals surface area contributed by atoms with Crippen LogP contribution in [0.5, 0.6) is 0 Å². The van der Waals surface area contributed by atoms with Crippen LogP contribution in [-0.2, 0) is 4.79 Å². The monoisotopic (exact) mass is 131 g/mol. The van der Waals surface area contributed by atoms with Crippen LogP contribution in [-0.4, -0.2) is 5.78 Å². The number of ketones is 1. The molecule has 0 aliphatic heterocycles. The first-order chi connectivity index (χ1) is 3.55. The van der Waals surface area contributed by atoms with E-state index >= 15 is 0 Å². The van der Waals surface area contributed by atoms with Gasteiger partial charge in [-0.25, -0.2) is 0 Å². The van der Waals surface area contributed by atoms with Gasteiger partial charge in [-0.1, -0.05) is 0 Å². The van der Waals surface area contributed by atoms with Crippen LogP contribution in [0.25, 0.3) is 0 Å². The van der Waals surface area contributed by atoms with E-state index in [2.05, 4.69) is 12.6 Å². The van der Waals surface area contributed by atoms with Crippen molar-refractivity contribution in [3.63, 3.8) is 0 Å². The van der Waals surface area contributed by atoms with Gasteiger partial charge in [-0.2, -0.15) is 0 Å². The Hall–Kier alpha value is -0.440. The molecule has 0 aromatic rings. The first kappa shape index (κ1) is 7.56. The molecule has 0 aliphatic carbocycles. The van der Waals surface area contributed by atoms with E-state index in [1.807, 2.05) is 0 Å². The lowest BCUT2D eigenvalue weighted by atomic mass is 10.3. The molecule has 2 N–H and O–H groups in total. The highest BCUT2D eigenvalue weighted by Gasteiger charge is 1.97. The van der Waals surface area contributed by atoms with E-state index < -0.39 is 0 Å². The molecule has 0 unspecified atom stereocenters. The summed E-state index contributed by atoms with van der Waals surface area (Å²) in [5, 5.41) is 0. The molecule has 0 amide bonds. The number of hydrogen-bond acceptors (Lipinski definition) is 3. The molecule has 0 heterocycles. The Morgan fingerprint density at radius 1 is 1.50 bits per heavy atom. The van der Waals surface area contributed by atoms with Crippen molar-refractivity contribution in [3.05, 3.63) is 10.6 Å². The molecule has 0 aromatic heterocycles. The zero-order valence-corrected chi connectivity index (χ0v) is 5.83. The second-order valence-electron chi connectivity index (χ2n) is 1.56. The minimum atomic E-state index is -0.127. The molecule has 0 radical (unpaired) electrons. The van der Waals surface area contributed by atoms with Gasteiger partial charge in [-0.15, -0.1) is 12.6 Å². The quantitative estimate of drug-likeness (QED) is 0.406. The molecule has 2 nitrogen and oxygen atoms in total. The highest BCUT2D eigenvalue weighted by Crippen LogP contribution is 2.01. The Kier molecular flexibility index (Phi) is 2.62. The topological polar surface area (TPSA) is 43.1 Å². The minimum absolute atomic E-state index is 0.127. The van der Waals surface area contributed by atoms with Gasteiger partial charge in [-0.3, -0.25) is 4.79 Å². The van der Waals surface area contributed by atoms with Gasteiger partial charge in [0.2, 0.25) is 0 Å². The van der Waals surface area contributed by atoms with Crippen LogP contribution >= 0.6 is 12.6 Å². The normalized spacial score (nSPS) is 12.9. The van der Waals surface area contributed by atoms with E-state index in [1.165, 1.54) is 6.92 Å². The number of thiol groups is 1. The molecule has 0 aromatic carbocycles. The Balaban J connectivity index is 4.23. The lowest BCUT2D eigenvalue weighted by Crippen LogP contribution is -2.07. The van der Waals surface area contributed by atoms with E-state index in [-0.39, 0.29) is 11.5 Å². The van der Waals surface area contributed by atoms with Crippen LogP contribution in [0.4, 0.5) is 0 Å². The molecule has 0 spiro atoms. The molecule has 0 rings (SSSR count). The molecule has 3 heteroatoms. The van der Waals surface area contributed by atoms with Gasteiger partial charge in [0.25, 0.3) is 0 Å². The fourth-order valence-electron chi connectivity index (χ4n) is 0.255. The van der Waals surface area contributed by atoms with Crippen molar-refractivity contribution >= 4 is 18.4 Å². The molecule has 0 fully saturated rings. The lowest BCUT2D eigenvalue weighted by Gasteiger charge is -1.93. The van der Waals surface area contributed by atoms with Crippen LogP contribution in [0, 0.1) is 0 Å². The van der Waals surface area contributed by atoms with E-state index in [9.17, 15) is 4.79 Å². The minimum Gasteiger partial charge on any atom is -0.395 e. The third-order valence-electron chi connectivity index (χ3n) is 0.769. The van der Waals surface area contributed by atoms with Crippen LogP contribution in [0.2, 0.25) is 0 Å². The third-order valence-corrected chi connectivity index (χ3v) is 1.01. The van der Waals surface area contributed by atoms with Gasteiger partial charge in [0.1, 0.15) is 0 Å². The maximum atomic E-state index is 10.4. The predicted molar refractivity (Wildman–Crippen MR) is 36.6 cm³/mol. The summed E-state index contributed by atoms with van der Waals surface area (Å²) >= 11 is 3.87. The fraction of sp³-hybridized carbons (Fsp3) is 0.400. The summed E-state index contributed by atoms with van der Waals surface area (Å²) in [6.45, 7) is 3.09. The summed E-state index contributed by atoms with van der Waals surface area (Å²) in [6.07, 6.45) is 0. The molecule has 0 atom stereocenters. The summed E-state index contributed by atoms with van der Waals surface area (Å²) in [4.78, 5) is 10.9. The maximum Gasteiger partial charge on any atom is 0.176 e. The Labute approximate surface area is 54.2 Å². The van der Waals surface area contributed by atoms with Crippen molar-refractivity contribution in [1.29, 1.82) is 0 Å². The van der Waals surface area contributed by atoms with E-state index in [4.69, 9.17) is 5.73 Å². The Morgan fingerprint density at radius 2 is 1.88 bits per heavy atom. The largest absolute Gasteiger partial charge is 0.395 e. The van der Waals surface area contributed by atoms with Crippen molar-refractivity contribution in [2.45, 2.75) is 13.8 Å². The summed E-state index contributed by atoms with van der Waals surface area (Å²) in [6, 6.07) is 0. The first-order valence-corrected chi connectivity index (χ1v) is 2.66. The van der Waals surface area contributed by atoms with E-state index in [0.29, 0.717) is 4.91 Å². The number of carbonyl (C=O) groups is 1. The molecular formula is C5H9NOS. The van der Waals surface area contributed by atoms with Crippen LogP contribution in [0.1, 0.15) is 13.8 Å². The molecule has 0 saturated carbocycles. The van der Waals surface area contributed by atoms with Crippen molar-refractivity contribution in [1.82, 2.24) is 0 Å². The van der Waals surface area contributed by atoms with Gasteiger partial charge in [0, 0.05) is 11.8 Å². The van der Waals surface area contributed by atoms with Crippen LogP contribution < -0.4 is 5.73 Å². The fourth-order valence-corrected chi connectivity index (χ4v) is 0.412. The number of Topliss-reactive ketones (excluding diaryl/α,β-unsaturated/α-hetero) is 1. The Bertz CT molecular complexity index is 135. The van der Waals surface area contributed by atoms with Gasteiger partial charge in [-0.05, 0) is 6.92 Å². The SMILES string of the molecule is CC(=O)/C(N)=C(\C)S. The third kappa shape index (κ3) is 2.02. The second-order valence-corrected chi connectivity index (χ2v) is 2.23. The zero-order valence-electron chi connectivity index (χ0n) is 4.93. The smallest absolute Gasteiger partial charge is 0.176 e. The molecule has 8 heavy (non-hydrogen) atoms. The molecule has 0 saturated heterocycles.